The quantitative estimate of drug-likeness (QED) is 0.668. The largest absolute Gasteiger partial charge is 0.287 e. The second-order valence-electron chi connectivity index (χ2n) is 2.62. The lowest BCUT2D eigenvalue weighted by atomic mass is 10.1. The van der Waals surface area contributed by atoms with Gasteiger partial charge in [-0.3, -0.25) is 5.21 Å². The lowest BCUT2D eigenvalue weighted by Gasteiger charge is -2.17. The number of benzene rings is 1. The molecule has 12 heavy (non-hydrogen) atoms. The maximum absolute atomic E-state index is 9.08. The highest BCUT2D eigenvalue weighted by Crippen LogP contribution is 2.26. The lowest BCUT2D eigenvalue weighted by molar-refractivity contribution is -0.0178. The number of nitrogens with zero attached hydrogens (tertiary/aromatic N) is 2. The van der Waals surface area contributed by atoms with E-state index < -0.39 is 0 Å². The maximum Gasteiger partial charge on any atom is 0.116 e. The van der Waals surface area contributed by atoms with Crippen molar-refractivity contribution in [3.63, 3.8) is 0 Å². The van der Waals surface area contributed by atoms with Crippen molar-refractivity contribution < 1.29 is 5.21 Å². The second kappa shape index (κ2) is 2.77. The van der Waals surface area contributed by atoms with Crippen LogP contribution in [0.2, 0.25) is 5.02 Å². The Labute approximate surface area is 74.9 Å². The molecule has 0 bridgehead atoms. The minimum absolute atomic E-state index is 0.468. The highest BCUT2D eigenvalue weighted by atomic mass is 35.5. The molecule has 0 radical (unpaired) electrons. The molecule has 2 rings (SSSR count). The lowest BCUT2D eigenvalue weighted by Crippen LogP contribution is -2.18. The second-order valence-corrected chi connectivity index (χ2v) is 3.05. The van der Waals surface area contributed by atoms with Gasteiger partial charge >= 0.3 is 0 Å². The molecule has 1 aliphatic rings. The SMILES string of the molecule is ON1C=Nc2cc(Cl)ccc2C1. The molecule has 0 atom stereocenters. The van der Waals surface area contributed by atoms with Crippen LogP contribution in [0.3, 0.4) is 0 Å². The minimum atomic E-state index is 0.468. The fourth-order valence-corrected chi connectivity index (χ4v) is 1.30. The monoisotopic (exact) mass is 182 g/mol. The molecule has 0 unspecified atom stereocenters. The van der Waals surface area contributed by atoms with Gasteiger partial charge in [-0.25, -0.2) is 10.1 Å². The molecule has 0 saturated heterocycles. The number of halogens is 1. The molecule has 1 heterocycles. The predicted octanol–water partition coefficient (Wildman–Crippen LogP) is 2.20. The fourth-order valence-electron chi connectivity index (χ4n) is 1.14. The van der Waals surface area contributed by atoms with Crippen LogP contribution >= 0.6 is 11.6 Å². The summed E-state index contributed by atoms with van der Waals surface area (Å²) >= 11 is 5.76. The summed E-state index contributed by atoms with van der Waals surface area (Å²) in [5.74, 6) is 0. The van der Waals surface area contributed by atoms with Gasteiger partial charge in [0.15, 0.2) is 0 Å². The highest BCUT2D eigenvalue weighted by molar-refractivity contribution is 6.30. The van der Waals surface area contributed by atoms with Gasteiger partial charge in [-0.1, -0.05) is 17.7 Å². The Kier molecular flexibility index (Phi) is 1.75. The van der Waals surface area contributed by atoms with Crippen LogP contribution in [0, 0.1) is 0 Å². The van der Waals surface area contributed by atoms with Gasteiger partial charge in [-0.2, -0.15) is 0 Å². The van der Waals surface area contributed by atoms with Crippen LogP contribution in [0.4, 0.5) is 5.69 Å². The van der Waals surface area contributed by atoms with Gasteiger partial charge in [0.1, 0.15) is 6.34 Å². The van der Waals surface area contributed by atoms with Crippen molar-refractivity contribution in [2.45, 2.75) is 6.54 Å². The van der Waals surface area contributed by atoms with Crippen molar-refractivity contribution in [2.24, 2.45) is 4.99 Å². The molecule has 4 heteroatoms. The van der Waals surface area contributed by atoms with Crippen molar-refractivity contribution in [2.75, 3.05) is 0 Å². The van der Waals surface area contributed by atoms with E-state index in [1.807, 2.05) is 6.07 Å². The normalized spacial score (nSPS) is 14.7. The van der Waals surface area contributed by atoms with Gasteiger partial charge in [0.25, 0.3) is 0 Å². The van der Waals surface area contributed by atoms with Crippen LogP contribution in [0.1, 0.15) is 5.56 Å². The molecular weight excluding hydrogens is 176 g/mol. The third-order valence-corrected chi connectivity index (χ3v) is 1.94. The first-order chi connectivity index (χ1) is 5.75. The van der Waals surface area contributed by atoms with Gasteiger partial charge in [0, 0.05) is 5.02 Å². The zero-order valence-corrected chi connectivity index (χ0v) is 6.99. The molecule has 0 spiro atoms. The molecule has 1 N–H and O–H groups in total. The van der Waals surface area contributed by atoms with Gasteiger partial charge in [-0.15, -0.1) is 0 Å². The van der Waals surface area contributed by atoms with Crippen molar-refractivity contribution in [3.05, 3.63) is 28.8 Å². The average Bonchev–Trinajstić information content (AvgIpc) is 2.05. The first kappa shape index (κ1) is 7.58. The third kappa shape index (κ3) is 1.29. The van der Waals surface area contributed by atoms with Crippen LogP contribution in [0.15, 0.2) is 23.2 Å². The molecule has 0 aromatic heterocycles. The van der Waals surface area contributed by atoms with E-state index in [9.17, 15) is 0 Å². The fraction of sp³-hybridized carbons (Fsp3) is 0.125. The molecule has 0 aliphatic carbocycles. The standard InChI is InChI=1S/C8H7ClN2O/c9-7-2-1-6-4-11(12)5-10-8(6)3-7/h1-3,5,12H,4H2. The molecule has 1 aromatic carbocycles. The van der Waals surface area contributed by atoms with E-state index in [1.54, 1.807) is 12.1 Å². The maximum atomic E-state index is 9.08. The van der Waals surface area contributed by atoms with Crippen molar-refractivity contribution in [1.29, 1.82) is 0 Å². The first-order valence-corrected chi connectivity index (χ1v) is 3.91. The van der Waals surface area contributed by atoms with E-state index in [1.165, 1.54) is 6.34 Å². The minimum Gasteiger partial charge on any atom is -0.287 e. The molecule has 3 nitrogen and oxygen atoms in total. The Morgan fingerprint density at radius 3 is 3.17 bits per heavy atom. The zero-order chi connectivity index (χ0) is 8.55. The van der Waals surface area contributed by atoms with Crippen molar-refractivity contribution in [1.82, 2.24) is 5.06 Å². The molecule has 0 fully saturated rings. The van der Waals surface area contributed by atoms with E-state index in [0.717, 1.165) is 16.3 Å². The third-order valence-electron chi connectivity index (χ3n) is 1.71. The summed E-state index contributed by atoms with van der Waals surface area (Å²) in [7, 11) is 0. The molecule has 62 valence electrons. The highest BCUT2D eigenvalue weighted by Gasteiger charge is 2.09. The Morgan fingerprint density at radius 1 is 1.50 bits per heavy atom. The smallest absolute Gasteiger partial charge is 0.116 e. The van der Waals surface area contributed by atoms with Gasteiger partial charge in [0.05, 0.1) is 12.2 Å². The van der Waals surface area contributed by atoms with Gasteiger partial charge in [-0.05, 0) is 17.7 Å². The summed E-state index contributed by atoms with van der Waals surface area (Å²) in [5.41, 5.74) is 1.80. The predicted molar refractivity (Wildman–Crippen MR) is 46.9 cm³/mol. The van der Waals surface area contributed by atoms with E-state index >= 15 is 0 Å². The van der Waals surface area contributed by atoms with Gasteiger partial charge < -0.3 is 0 Å². The number of aliphatic imine (C=N–C) groups is 1. The van der Waals surface area contributed by atoms with Crippen LogP contribution in [-0.2, 0) is 6.54 Å². The topological polar surface area (TPSA) is 35.8 Å². The van der Waals surface area contributed by atoms with E-state index in [0.29, 0.717) is 11.6 Å². The summed E-state index contributed by atoms with van der Waals surface area (Å²) in [6.07, 6.45) is 1.37. The number of fused-ring (bicyclic) bond motifs is 1. The number of rotatable bonds is 0. The summed E-state index contributed by atoms with van der Waals surface area (Å²) in [4.78, 5) is 4.00. The Morgan fingerprint density at radius 2 is 2.33 bits per heavy atom. The summed E-state index contributed by atoms with van der Waals surface area (Å²) in [6.45, 7) is 0.468. The Bertz CT molecular complexity index is 338. The van der Waals surface area contributed by atoms with Crippen LogP contribution in [0.5, 0.6) is 0 Å². The zero-order valence-electron chi connectivity index (χ0n) is 6.24. The number of hydrogen-bond acceptors (Lipinski definition) is 3. The molecular formula is C8H7ClN2O. The van der Waals surface area contributed by atoms with Crippen LogP contribution in [0.25, 0.3) is 0 Å². The summed E-state index contributed by atoms with van der Waals surface area (Å²) in [5, 5.41) is 10.8. The first-order valence-electron chi connectivity index (χ1n) is 3.54. The number of hydroxylamine groups is 2. The van der Waals surface area contributed by atoms with Crippen LogP contribution in [-0.4, -0.2) is 16.6 Å². The summed E-state index contributed by atoms with van der Waals surface area (Å²) < 4.78 is 0. The average molecular weight is 183 g/mol. The van der Waals surface area contributed by atoms with Crippen molar-refractivity contribution in [3.8, 4) is 0 Å². The van der Waals surface area contributed by atoms with E-state index in [2.05, 4.69) is 4.99 Å². The van der Waals surface area contributed by atoms with E-state index in [4.69, 9.17) is 16.8 Å². The molecule has 0 saturated carbocycles. The Hall–Kier alpha value is -1.06. The van der Waals surface area contributed by atoms with Crippen LogP contribution < -0.4 is 0 Å². The van der Waals surface area contributed by atoms with Crippen molar-refractivity contribution >= 4 is 23.6 Å². The molecule has 0 amide bonds. The number of hydrogen-bond donors (Lipinski definition) is 1. The summed E-state index contributed by atoms with van der Waals surface area (Å²) in [6, 6.07) is 5.42. The molecule has 1 aromatic rings. The Balaban J connectivity index is 2.47. The van der Waals surface area contributed by atoms with Gasteiger partial charge in [0.2, 0.25) is 0 Å². The molecule has 1 aliphatic heterocycles. The van der Waals surface area contributed by atoms with E-state index in [-0.39, 0.29) is 0 Å².